The molecule has 0 bridgehead atoms. The third-order valence-electron chi connectivity index (χ3n) is 3.54. The van der Waals surface area contributed by atoms with Crippen molar-refractivity contribution in [3.8, 4) is 0 Å². The van der Waals surface area contributed by atoms with Crippen molar-refractivity contribution in [2.45, 2.75) is 30.0 Å². The van der Waals surface area contributed by atoms with Crippen molar-refractivity contribution < 1.29 is 0 Å². The van der Waals surface area contributed by atoms with Gasteiger partial charge in [0.05, 0.1) is 5.25 Å². The molecular weight excluding hydrogens is 286 g/mol. The molecule has 0 fully saturated rings. The highest BCUT2D eigenvalue weighted by atomic mass is 32.2. The van der Waals surface area contributed by atoms with Crippen molar-refractivity contribution in [3.63, 3.8) is 0 Å². The summed E-state index contributed by atoms with van der Waals surface area (Å²) in [5.41, 5.74) is 2.72. The average molecular weight is 311 g/mol. The second-order valence-electron chi connectivity index (χ2n) is 5.96. The Morgan fingerprint density at radius 2 is 1.45 bits per heavy atom. The molecule has 2 rings (SSSR count). The van der Waals surface area contributed by atoms with Gasteiger partial charge in [-0.3, -0.25) is 0 Å². The number of thioether (sulfide) groups is 1. The lowest BCUT2D eigenvalue weighted by Crippen LogP contribution is -2.31. The summed E-state index contributed by atoms with van der Waals surface area (Å²) < 4.78 is 0. The van der Waals surface area contributed by atoms with Crippen LogP contribution in [0, 0.1) is 0 Å². The van der Waals surface area contributed by atoms with Gasteiger partial charge in [-0.1, -0.05) is 60.2 Å². The maximum Gasteiger partial charge on any atom is 0.0535 e. The molecule has 2 aromatic carbocycles. The lowest BCUT2D eigenvalue weighted by molar-refractivity contribution is 0.336. The molecular formula is C20H25NS. The van der Waals surface area contributed by atoms with E-state index in [1.165, 1.54) is 16.0 Å². The van der Waals surface area contributed by atoms with E-state index in [4.69, 9.17) is 0 Å². The summed E-state index contributed by atoms with van der Waals surface area (Å²) in [5, 5.41) is 0.369. The summed E-state index contributed by atoms with van der Waals surface area (Å²) in [6, 6.07) is 21.8. The van der Waals surface area contributed by atoms with Gasteiger partial charge >= 0.3 is 0 Å². The quantitative estimate of drug-likeness (QED) is 0.518. The molecule has 0 saturated heterocycles. The number of hydrogen-bond donors (Lipinski definition) is 0. The first-order valence-corrected chi connectivity index (χ1v) is 8.54. The van der Waals surface area contributed by atoms with E-state index in [1.807, 2.05) is 11.8 Å². The standard InChI is InChI=1S/C20H25NS/c1-16(2)15-19(21(3)4)20(17-11-7-5-8-12-17)22-18-13-9-6-10-14-18/h5-15,19-20H,1-4H3/t19-,20-/m0/s1. The van der Waals surface area contributed by atoms with Crippen LogP contribution >= 0.6 is 11.8 Å². The van der Waals surface area contributed by atoms with E-state index in [2.05, 4.69) is 99.6 Å². The Hall–Kier alpha value is -1.51. The zero-order valence-electron chi connectivity index (χ0n) is 13.9. The van der Waals surface area contributed by atoms with Gasteiger partial charge in [0.25, 0.3) is 0 Å². The minimum absolute atomic E-state index is 0.359. The van der Waals surface area contributed by atoms with Crippen LogP contribution < -0.4 is 0 Å². The molecule has 0 saturated carbocycles. The van der Waals surface area contributed by atoms with E-state index < -0.39 is 0 Å². The van der Waals surface area contributed by atoms with Gasteiger partial charge in [-0.15, -0.1) is 11.8 Å². The SMILES string of the molecule is CC(C)=C[C@@H]([C@@H](Sc1ccccc1)c1ccccc1)N(C)C. The first kappa shape index (κ1) is 16.9. The minimum atomic E-state index is 0.359. The smallest absolute Gasteiger partial charge is 0.0535 e. The third kappa shape index (κ3) is 4.75. The number of allylic oxidation sites excluding steroid dienone is 1. The highest BCUT2D eigenvalue weighted by Gasteiger charge is 2.24. The zero-order chi connectivity index (χ0) is 15.9. The van der Waals surface area contributed by atoms with Gasteiger partial charge in [-0.05, 0) is 45.6 Å². The molecule has 0 aliphatic carbocycles. The lowest BCUT2D eigenvalue weighted by Gasteiger charge is -2.30. The van der Waals surface area contributed by atoms with E-state index in [1.54, 1.807) is 0 Å². The van der Waals surface area contributed by atoms with Gasteiger partial charge in [0.15, 0.2) is 0 Å². The fraction of sp³-hybridized carbons (Fsp3) is 0.300. The van der Waals surface area contributed by atoms with Crippen molar-refractivity contribution in [1.29, 1.82) is 0 Å². The first-order chi connectivity index (χ1) is 10.6. The van der Waals surface area contributed by atoms with Gasteiger partial charge in [0.1, 0.15) is 0 Å². The molecule has 0 spiro atoms. The summed E-state index contributed by atoms with van der Waals surface area (Å²) >= 11 is 1.93. The Kier molecular flexibility index (Phi) is 6.29. The fourth-order valence-corrected chi connectivity index (χ4v) is 3.83. The van der Waals surface area contributed by atoms with Crippen molar-refractivity contribution in [2.75, 3.05) is 14.1 Å². The topological polar surface area (TPSA) is 3.24 Å². The van der Waals surface area contributed by atoms with Crippen LogP contribution in [0.3, 0.4) is 0 Å². The zero-order valence-corrected chi connectivity index (χ0v) is 14.7. The molecule has 0 unspecified atom stereocenters. The molecule has 0 radical (unpaired) electrons. The van der Waals surface area contributed by atoms with Crippen molar-refractivity contribution >= 4 is 11.8 Å². The molecule has 0 aliphatic heterocycles. The van der Waals surface area contributed by atoms with Gasteiger partial charge in [-0.2, -0.15) is 0 Å². The monoisotopic (exact) mass is 311 g/mol. The number of nitrogens with zero attached hydrogens (tertiary/aromatic N) is 1. The molecule has 0 amide bonds. The number of likely N-dealkylation sites (N-methyl/N-ethyl adjacent to an activating group) is 1. The van der Waals surface area contributed by atoms with Crippen LogP contribution in [0.4, 0.5) is 0 Å². The van der Waals surface area contributed by atoms with E-state index >= 15 is 0 Å². The molecule has 1 nitrogen and oxygen atoms in total. The fourth-order valence-electron chi connectivity index (χ4n) is 2.47. The largest absolute Gasteiger partial charge is 0.302 e. The van der Waals surface area contributed by atoms with Crippen molar-refractivity contribution in [3.05, 3.63) is 77.9 Å². The van der Waals surface area contributed by atoms with E-state index in [0.717, 1.165) is 0 Å². The van der Waals surface area contributed by atoms with Crippen LogP contribution in [0.25, 0.3) is 0 Å². The van der Waals surface area contributed by atoms with Gasteiger partial charge < -0.3 is 4.90 Å². The predicted molar refractivity (Wildman–Crippen MR) is 98.4 cm³/mol. The molecule has 0 heterocycles. The van der Waals surface area contributed by atoms with Gasteiger partial charge in [0.2, 0.25) is 0 Å². The molecule has 2 atom stereocenters. The van der Waals surface area contributed by atoms with Crippen LogP contribution in [0.2, 0.25) is 0 Å². The van der Waals surface area contributed by atoms with Crippen LogP contribution in [-0.4, -0.2) is 25.0 Å². The maximum atomic E-state index is 2.37. The van der Waals surface area contributed by atoms with Crippen LogP contribution in [0.15, 0.2) is 77.2 Å². The Morgan fingerprint density at radius 3 is 1.95 bits per heavy atom. The van der Waals surface area contributed by atoms with Crippen LogP contribution in [0.5, 0.6) is 0 Å². The van der Waals surface area contributed by atoms with Crippen LogP contribution in [-0.2, 0) is 0 Å². The average Bonchev–Trinajstić information content (AvgIpc) is 2.52. The molecule has 2 heteroatoms. The Morgan fingerprint density at radius 1 is 0.909 bits per heavy atom. The molecule has 22 heavy (non-hydrogen) atoms. The van der Waals surface area contributed by atoms with E-state index in [0.29, 0.717) is 11.3 Å². The summed E-state index contributed by atoms with van der Waals surface area (Å²) in [6.45, 7) is 4.34. The molecule has 0 aromatic heterocycles. The normalized spacial score (nSPS) is 13.7. The lowest BCUT2D eigenvalue weighted by atomic mass is 10.0. The maximum absolute atomic E-state index is 2.37. The second kappa shape index (κ2) is 8.21. The first-order valence-electron chi connectivity index (χ1n) is 7.66. The molecule has 116 valence electrons. The van der Waals surface area contributed by atoms with Crippen molar-refractivity contribution in [2.24, 2.45) is 0 Å². The highest BCUT2D eigenvalue weighted by molar-refractivity contribution is 7.99. The van der Waals surface area contributed by atoms with E-state index in [-0.39, 0.29) is 0 Å². The molecule has 2 aromatic rings. The summed E-state index contributed by atoms with van der Waals surface area (Å²) in [7, 11) is 4.32. The van der Waals surface area contributed by atoms with Gasteiger partial charge in [-0.25, -0.2) is 0 Å². The molecule has 0 N–H and O–H groups in total. The summed E-state index contributed by atoms with van der Waals surface area (Å²) in [5.74, 6) is 0. The number of benzene rings is 2. The number of hydrogen-bond acceptors (Lipinski definition) is 2. The Bertz CT molecular complexity index is 586. The number of rotatable bonds is 6. The van der Waals surface area contributed by atoms with Gasteiger partial charge in [0, 0.05) is 10.9 Å². The molecule has 0 aliphatic rings. The third-order valence-corrected chi connectivity index (χ3v) is 4.89. The summed E-state index contributed by atoms with van der Waals surface area (Å²) in [6.07, 6.45) is 2.37. The minimum Gasteiger partial charge on any atom is -0.302 e. The van der Waals surface area contributed by atoms with Crippen molar-refractivity contribution in [1.82, 2.24) is 4.90 Å². The highest BCUT2D eigenvalue weighted by Crippen LogP contribution is 2.39. The predicted octanol–water partition coefficient (Wildman–Crippen LogP) is 5.42. The Labute approximate surface area is 139 Å². The van der Waals surface area contributed by atoms with E-state index in [9.17, 15) is 0 Å². The van der Waals surface area contributed by atoms with Crippen LogP contribution in [0.1, 0.15) is 24.7 Å². The summed E-state index contributed by atoms with van der Waals surface area (Å²) in [4.78, 5) is 3.62. The Balaban J connectivity index is 2.38. The second-order valence-corrected chi connectivity index (χ2v) is 7.18.